The molecule has 0 bridgehead atoms. The SMILES string of the molecule is Nc1c2c(cc(=O)n1-c1ccc(N3CCCC(C(=O)O)C3)cc1)C(=O)NC2=O. The third-order valence-corrected chi connectivity index (χ3v) is 5.20. The lowest BCUT2D eigenvalue weighted by molar-refractivity contribution is -0.141. The third kappa shape index (κ3) is 2.81. The monoisotopic (exact) mass is 382 g/mol. The normalized spacial score (nSPS) is 18.7. The number of nitrogens with two attached hydrogens (primary N) is 1. The summed E-state index contributed by atoms with van der Waals surface area (Å²) >= 11 is 0. The number of nitrogen functional groups attached to an aromatic ring is 1. The lowest BCUT2D eigenvalue weighted by atomic mass is 9.98. The number of hydrogen-bond donors (Lipinski definition) is 3. The van der Waals surface area contributed by atoms with E-state index in [4.69, 9.17) is 5.73 Å². The maximum atomic E-state index is 12.5. The van der Waals surface area contributed by atoms with Gasteiger partial charge in [0.05, 0.1) is 22.7 Å². The summed E-state index contributed by atoms with van der Waals surface area (Å²) in [6.07, 6.45) is 1.45. The van der Waals surface area contributed by atoms with Crippen molar-refractivity contribution in [3.05, 3.63) is 51.8 Å². The van der Waals surface area contributed by atoms with Crippen molar-refractivity contribution in [1.29, 1.82) is 0 Å². The molecular weight excluding hydrogens is 364 g/mol. The molecule has 1 aromatic heterocycles. The topological polar surface area (TPSA) is 135 Å². The highest BCUT2D eigenvalue weighted by atomic mass is 16.4. The van der Waals surface area contributed by atoms with Gasteiger partial charge in [0.15, 0.2) is 0 Å². The Balaban J connectivity index is 1.68. The second-order valence-corrected chi connectivity index (χ2v) is 6.91. The maximum Gasteiger partial charge on any atom is 0.308 e. The fourth-order valence-electron chi connectivity index (χ4n) is 3.77. The van der Waals surface area contributed by atoms with Gasteiger partial charge in [0, 0.05) is 24.8 Å². The maximum absolute atomic E-state index is 12.5. The molecule has 4 N–H and O–H groups in total. The first-order valence-electron chi connectivity index (χ1n) is 8.86. The van der Waals surface area contributed by atoms with E-state index in [1.165, 1.54) is 4.57 Å². The van der Waals surface area contributed by atoms with Crippen LogP contribution in [0.3, 0.4) is 0 Å². The quantitative estimate of drug-likeness (QED) is 0.662. The minimum atomic E-state index is -0.799. The standard InChI is InChI=1S/C19H18N4O5/c20-16-15-13(17(25)21-18(15)26)8-14(24)23(16)12-5-3-11(4-6-12)22-7-1-2-10(9-22)19(27)28/h3-6,8,10H,1-2,7,9,20H2,(H,27,28)(H,21,25,26). The van der Waals surface area contributed by atoms with Crippen LogP contribution in [0.2, 0.25) is 0 Å². The number of piperidine rings is 1. The molecule has 1 saturated heterocycles. The summed E-state index contributed by atoms with van der Waals surface area (Å²) in [7, 11) is 0. The van der Waals surface area contributed by atoms with Gasteiger partial charge < -0.3 is 15.7 Å². The van der Waals surface area contributed by atoms with E-state index in [1.54, 1.807) is 24.3 Å². The van der Waals surface area contributed by atoms with Gasteiger partial charge in [0.1, 0.15) is 5.82 Å². The molecule has 0 aliphatic carbocycles. The van der Waals surface area contributed by atoms with Gasteiger partial charge in [-0.05, 0) is 37.1 Å². The fourth-order valence-corrected chi connectivity index (χ4v) is 3.77. The van der Waals surface area contributed by atoms with Crippen molar-refractivity contribution >= 4 is 29.3 Å². The number of hydrogen-bond acceptors (Lipinski definition) is 6. The molecule has 0 saturated carbocycles. The van der Waals surface area contributed by atoms with E-state index >= 15 is 0 Å². The molecule has 0 spiro atoms. The Labute approximate surface area is 159 Å². The number of nitrogens with one attached hydrogen (secondary N) is 1. The Morgan fingerprint density at radius 3 is 2.46 bits per heavy atom. The number of amides is 2. The molecule has 4 rings (SSSR count). The number of nitrogens with zero attached hydrogens (tertiary/aromatic N) is 2. The van der Waals surface area contributed by atoms with Crippen LogP contribution in [0.4, 0.5) is 11.5 Å². The van der Waals surface area contributed by atoms with Crippen LogP contribution in [0.1, 0.15) is 33.6 Å². The largest absolute Gasteiger partial charge is 0.481 e. The van der Waals surface area contributed by atoms with E-state index in [-0.39, 0.29) is 16.9 Å². The number of rotatable bonds is 3. The predicted molar refractivity (Wildman–Crippen MR) is 101 cm³/mol. The molecule has 1 atom stereocenters. The minimum Gasteiger partial charge on any atom is -0.481 e. The van der Waals surface area contributed by atoms with Crippen LogP contribution >= 0.6 is 0 Å². The van der Waals surface area contributed by atoms with Crippen molar-refractivity contribution in [3.8, 4) is 5.69 Å². The van der Waals surface area contributed by atoms with E-state index in [0.717, 1.165) is 24.7 Å². The van der Waals surface area contributed by atoms with Crippen LogP contribution in [0.5, 0.6) is 0 Å². The molecule has 2 amide bonds. The van der Waals surface area contributed by atoms with Crippen molar-refractivity contribution in [2.45, 2.75) is 12.8 Å². The molecule has 2 aliphatic heterocycles. The number of carboxylic acids is 1. The molecule has 9 heteroatoms. The minimum absolute atomic E-state index is 0.00555. The zero-order valence-electron chi connectivity index (χ0n) is 14.8. The summed E-state index contributed by atoms with van der Waals surface area (Å²) < 4.78 is 1.18. The number of pyridine rings is 1. The van der Waals surface area contributed by atoms with Crippen molar-refractivity contribution in [2.24, 2.45) is 5.92 Å². The molecule has 2 aromatic rings. The number of fused-ring (bicyclic) bond motifs is 1. The second-order valence-electron chi connectivity index (χ2n) is 6.91. The summed E-state index contributed by atoms with van der Waals surface area (Å²) in [6, 6.07) is 8.02. The van der Waals surface area contributed by atoms with Crippen LogP contribution in [-0.2, 0) is 4.79 Å². The van der Waals surface area contributed by atoms with Gasteiger partial charge >= 0.3 is 5.97 Å². The lowest BCUT2D eigenvalue weighted by Gasteiger charge is -2.32. The van der Waals surface area contributed by atoms with E-state index in [9.17, 15) is 24.3 Å². The van der Waals surface area contributed by atoms with Gasteiger partial charge in [0.25, 0.3) is 17.4 Å². The van der Waals surface area contributed by atoms with E-state index < -0.39 is 29.3 Å². The van der Waals surface area contributed by atoms with Gasteiger partial charge in [-0.15, -0.1) is 0 Å². The molecule has 2 aliphatic rings. The van der Waals surface area contributed by atoms with Gasteiger partial charge in [-0.25, -0.2) is 0 Å². The summed E-state index contributed by atoms with van der Waals surface area (Å²) in [5, 5.41) is 11.4. The Hall–Kier alpha value is -3.62. The third-order valence-electron chi connectivity index (χ3n) is 5.20. The Morgan fingerprint density at radius 2 is 1.79 bits per heavy atom. The smallest absolute Gasteiger partial charge is 0.308 e. The first kappa shape index (κ1) is 17.8. The fraction of sp³-hybridized carbons (Fsp3) is 0.263. The zero-order chi connectivity index (χ0) is 20.0. The predicted octanol–water partition coefficient (Wildman–Crippen LogP) is 0.604. The number of anilines is 2. The molecule has 1 aromatic carbocycles. The first-order chi connectivity index (χ1) is 13.4. The van der Waals surface area contributed by atoms with Crippen LogP contribution < -0.4 is 21.5 Å². The highest BCUT2D eigenvalue weighted by molar-refractivity contribution is 6.23. The number of aliphatic carboxylic acids is 1. The summed E-state index contributed by atoms with van der Waals surface area (Å²) in [5.41, 5.74) is 6.78. The molecule has 0 radical (unpaired) electrons. The summed E-state index contributed by atoms with van der Waals surface area (Å²) in [4.78, 5) is 49.4. The van der Waals surface area contributed by atoms with Gasteiger partial charge in [-0.1, -0.05) is 0 Å². The first-order valence-corrected chi connectivity index (χ1v) is 8.86. The number of carboxylic acid groups (broad SMARTS) is 1. The molecule has 1 fully saturated rings. The van der Waals surface area contributed by atoms with Crippen LogP contribution in [0.15, 0.2) is 35.1 Å². The van der Waals surface area contributed by atoms with Gasteiger partial charge in [-0.2, -0.15) is 0 Å². The number of carbonyl (C=O) groups excluding carboxylic acids is 2. The van der Waals surface area contributed by atoms with Crippen molar-refractivity contribution < 1.29 is 19.5 Å². The van der Waals surface area contributed by atoms with Gasteiger partial charge in [-0.3, -0.25) is 29.1 Å². The van der Waals surface area contributed by atoms with Crippen molar-refractivity contribution in [1.82, 2.24) is 9.88 Å². The number of carbonyl (C=O) groups is 3. The van der Waals surface area contributed by atoms with E-state index in [1.807, 2.05) is 4.90 Å². The number of aromatic nitrogens is 1. The van der Waals surface area contributed by atoms with E-state index in [0.29, 0.717) is 18.7 Å². The van der Waals surface area contributed by atoms with Crippen LogP contribution in [-0.4, -0.2) is 40.5 Å². The average Bonchev–Trinajstić information content (AvgIpc) is 2.96. The summed E-state index contributed by atoms with van der Waals surface area (Å²) in [5.74, 6) is -2.56. The van der Waals surface area contributed by atoms with Crippen LogP contribution in [0, 0.1) is 5.92 Å². The average molecular weight is 382 g/mol. The lowest BCUT2D eigenvalue weighted by Crippen LogP contribution is -2.38. The Morgan fingerprint density at radius 1 is 1.11 bits per heavy atom. The molecule has 28 heavy (non-hydrogen) atoms. The number of imide groups is 1. The van der Waals surface area contributed by atoms with E-state index in [2.05, 4.69) is 5.32 Å². The summed E-state index contributed by atoms with van der Waals surface area (Å²) in [6.45, 7) is 1.18. The molecule has 3 heterocycles. The molecular formula is C19H18N4O5. The highest BCUT2D eigenvalue weighted by Crippen LogP contribution is 2.26. The Bertz CT molecular complexity index is 1060. The zero-order valence-corrected chi connectivity index (χ0v) is 14.8. The molecule has 1 unspecified atom stereocenters. The number of benzene rings is 1. The molecule has 9 nitrogen and oxygen atoms in total. The molecule has 144 valence electrons. The van der Waals surface area contributed by atoms with Crippen molar-refractivity contribution in [3.63, 3.8) is 0 Å². The Kier molecular flexibility index (Phi) is 4.14. The highest BCUT2D eigenvalue weighted by Gasteiger charge is 2.32. The van der Waals surface area contributed by atoms with Crippen molar-refractivity contribution in [2.75, 3.05) is 23.7 Å². The van der Waals surface area contributed by atoms with Gasteiger partial charge in [0.2, 0.25) is 0 Å². The second kappa shape index (κ2) is 6.52. The van der Waals surface area contributed by atoms with Crippen LogP contribution in [0.25, 0.3) is 5.69 Å².